The van der Waals surface area contributed by atoms with Crippen LogP contribution in [0.15, 0.2) is 54.9 Å². The molecule has 2 aliphatic heterocycles. The number of nitrogens with one attached hydrogen (secondary N) is 1. The van der Waals surface area contributed by atoms with E-state index < -0.39 is 0 Å². The molecule has 6 rings (SSSR count). The van der Waals surface area contributed by atoms with Gasteiger partial charge in [-0.3, -0.25) is 10.1 Å². The number of aryl methyl sites for hydroxylation is 1. The van der Waals surface area contributed by atoms with Crippen LogP contribution in [0.1, 0.15) is 30.5 Å². The number of anilines is 3. The van der Waals surface area contributed by atoms with Gasteiger partial charge in [-0.25, -0.2) is 9.97 Å². The van der Waals surface area contributed by atoms with Gasteiger partial charge >= 0.3 is 0 Å². The SMILES string of the molecule is c1ccc(CC2CCCN(c3cnc4c(N5CCCc6ncccc65)n[nH]c4n3)C2)cc1. The van der Waals surface area contributed by atoms with Gasteiger partial charge in [0.25, 0.3) is 0 Å². The summed E-state index contributed by atoms with van der Waals surface area (Å²) in [6.07, 6.45) is 9.40. The normalized spacial score (nSPS) is 18.7. The van der Waals surface area contributed by atoms with Gasteiger partial charge < -0.3 is 9.80 Å². The van der Waals surface area contributed by atoms with Crippen molar-refractivity contribution < 1.29 is 0 Å². The van der Waals surface area contributed by atoms with E-state index in [-0.39, 0.29) is 0 Å². The van der Waals surface area contributed by atoms with Gasteiger partial charge in [0.05, 0.1) is 17.6 Å². The molecule has 7 heteroatoms. The molecular formula is C25H27N7. The molecule has 0 bridgehead atoms. The van der Waals surface area contributed by atoms with Gasteiger partial charge in [0.2, 0.25) is 0 Å². The molecule has 5 heterocycles. The summed E-state index contributed by atoms with van der Waals surface area (Å²) in [6.45, 7) is 2.95. The van der Waals surface area contributed by atoms with E-state index in [4.69, 9.17) is 9.97 Å². The van der Waals surface area contributed by atoms with Crippen molar-refractivity contribution in [3.63, 3.8) is 0 Å². The average molecular weight is 426 g/mol. The highest BCUT2D eigenvalue weighted by atomic mass is 15.3. The number of piperidine rings is 1. The first-order valence-corrected chi connectivity index (χ1v) is 11.6. The smallest absolute Gasteiger partial charge is 0.183 e. The fourth-order valence-electron chi connectivity index (χ4n) is 5.12. The quantitative estimate of drug-likeness (QED) is 0.526. The number of rotatable bonds is 4. The lowest BCUT2D eigenvalue weighted by Gasteiger charge is -2.33. The van der Waals surface area contributed by atoms with Crippen molar-refractivity contribution in [3.05, 3.63) is 66.1 Å². The van der Waals surface area contributed by atoms with Crippen LogP contribution in [0.4, 0.5) is 17.3 Å². The predicted octanol–water partition coefficient (Wildman–Crippen LogP) is 4.29. The van der Waals surface area contributed by atoms with Crippen LogP contribution in [0.25, 0.3) is 11.2 Å². The highest BCUT2D eigenvalue weighted by Crippen LogP contribution is 2.34. The zero-order valence-electron chi connectivity index (χ0n) is 18.1. The Balaban J connectivity index is 1.25. The van der Waals surface area contributed by atoms with E-state index in [2.05, 4.69) is 61.4 Å². The highest BCUT2D eigenvalue weighted by molar-refractivity contribution is 5.87. The second kappa shape index (κ2) is 8.22. The second-order valence-electron chi connectivity index (χ2n) is 8.84. The van der Waals surface area contributed by atoms with Crippen LogP contribution in [0, 0.1) is 5.92 Å². The van der Waals surface area contributed by atoms with E-state index in [9.17, 15) is 0 Å². The van der Waals surface area contributed by atoms with E-state index >= 15 is 0 Å². The number of H-pyrrole nitrogens is 1. The van der Waals surface area contributed by atoms with E-state index in [1.54, 1.807) is 0 Å². The molecular weight excluding hydrogens is 398 g/mol. The van der Waals surface area contributed by atoms with Crippen LogP contribution in [0.3, 0.4) is 0 Å². The minimum atomic E-state index is 0.637. The Morgan fingerprint density at radius 2 is 1.94 bits per heavy atom. The van der Waals surface area contributed by atoms with Gasteiger partial charge in [-0.15, -0.1) is 0 Å². The molecule has 32 heavy (non-hydrogen) atoms. The predicted molar refractivity (Wildman–Crippen MR) is 126 cm³/mol. The van der Waals surface area contributed by atoms with Crippen molar-refractivity contribution in [3.8, 4) is 0 Å². The van der Waals surface area contributed by atoms with E-state index in [1.165, 1.54) is 18.4 Å². The number of benzene rings is 1. The van der Waals surface area contributed by atoms with Crippen LogP contribution in [0.5, 0.6) is 0 Å². The average Bonchev–Trinajstić information content (AvgIpc) is 3.28. The largest absolute Gasteiger partial charge is 0.355 e. The molecule has 1 aromatic carbocycles. The van der Waals surface area contributed by atoms with Crippen LogP contribution in [0.2, 0.25) is 0 Å². The Hall–Kier alpha value is -3.48. The summed E-state index contributed by atoms with van der Waals surface area (Å²) >= 11 is 0. The number of aromatic nitrogens is 5. The third-order valence-corrected chi connectivity index (χ3v) is 6.66. The first-order chi connectivity index (χ1) is 15.8. The standard InChI is InChI=1S/C25H27N7/c1-2-7-18(8-3-1)15-19-9-5-13-31(17-19)22-16-27-23-24(28-22)29-30-25(23)32-14-6-10-20-21(32)11-4-12-26-20/h1-4,7-8,11-12,16,19H,5-6,9-10,13-15,17H2,(H,28,29,30). The molecule has 0 radical (unpaired) electrons. The van der Waals surface area contributed by atoms with Gasteiger partial charge in [0.15, 0.2) is 17.0 Å². The monoisotopic (exact) mass is 425 g/mol. The molecule has 3 aromatic heterocycles. The first-order valence-electron chi connectivity index (χ1n) is 11.6. The Labute approximate surface area is 187 Å². The summed E-state index contributed by atoms with van der Waals surface area (Å²) in [4.78, 5) is 18.9. The minimum Gasteiger partial charge on any atom is -0.355 e. The van der Waals surface area contributed by atoms with Crippen molar-refractivity contribution in [1.82, 2.24) is 25.1 Å². The molecule has 1 N–H and O–H groups in total. The Morgan fingerprint density at radius 3 is 2.88 bits per heavy atom. The van der Waals surface area contributed by atoms with Crippen LogP contribution < -0.4 is 9.80 Å². The third kappa shape index (κ3) is 3.57. The molecule has 1 fully saturated rings. The van der Waals surface area contributed by atoms with E-state index in [1.807, 2.05) is 18.5 Å². The van der Waals surface area contributed by atoms with E-state index in [0.717, 1.165) is 73.1 Å². The molecule has 0 aliphatic carbocycles. The topological polar surface area (TPSA) is 73.8 Å². The zero-order chi connectivity index (χ0) is 21.3. The zero-order valence-corrected chi connectivity index (χ0v) is 18.1. The molecule has 1 saturated heterocycles. The van der Waals surface area contributed by atoms with Gasteiger partial charge in [0, 0.05) is 25.8 Å². The lowest BCUT2D eigenvalue weighted by atomic mass is 9.91. The summed E-state index contributed by atoms with van der Waals surface area (Å²) in [5, 5.41) is 7.74. The second-order valence-corrected chi connectivity index (χ2v) is 8.84. The molecule has 0 saturated carbocycles. The summed E-state index contributed by atoms with van der Waals surface area (Å²) in [7, 11) is 0. The molecule has 0 amide bonds. The Kier molecular flexibility index (Phi) is 4.94. The summed E-state index contributed by atoms with van der Waals surface area (Å²) in [5.41, 5.74) is 5.23. The fourth-order valence-corrected chi connectivity index (χ4v) is 5.12. The maximum Gasteiger partial charge on any atom is 0.183 e. The van der Waals surface area contributed by atoms with Gasteiger partial charge in [-0.2, -0.15) is 5.10 Å². The molecule has 1 unspecified atom stereocenters. The Bertz CT molecular complexity index is 1220. The summed E-state index contributed by atoms with van der Waals surface area (Å²) in [5.74, 6) is 2.41. The molecule has 2 aliphatic rings. The number of fused-ring (bicyclic) bond motifs is 2. The number of nitrogens with zero attached hydrogens (tertiary/aromatic N) is 6. The van der Waals surface area contributed by atoms with Gasteiger partial charge in [-0.05, 0) is 55.7 Å². The van der Waals surface area contributed by atoms with E-state index in [0.29, 0.717) is 5.92 Å². The number of hydrogen-bond acceptors (Lipinski definition) is 6. The lowest BCUT2D eigenvalue weighted by Crippen LogP contribution is -2.36. The van der Waals surface area contributed by atoms with Crippen molar-refractivity contribution >= 4 is 28.5 Å². The molecule has 1 atom stereocenters. The van der Waals surface area contributed by atoms with Crippen molar-refractivity contribution in [1.29, 1.82) is 0 Å². The molecule has 7 nitrogen and oxygen atoms in total. The van der Waals surface area contributed by atoms with Crippen LogP contribution in [-0.4, -0.2) is 44.8 Å². The highest BCUT2D eigenvalue weighted by Gasteiger charge is 2.25. The van der Waals surface area contributed by atoms with Crippen molar-refractivity contribution in [2.75, 3.05) is 29.4 Å². The summed E-state index contributed by atoms with van der Waals surface area (Å²) < 4.78 is 0. The van der Waals surface area contributed by atoms with Gasteiger partial charge in [0.1, 0.15) is 5.82 Å². The number of hydrogen-bond donors (Lipinski definition) is 1. The molecule has 162 valence electrons. The number of aromatic amines is 1. The maximum absolute atomic E-state index is 4.91. The Morgan fingerprint density at radius 1 is 1.00 bits per heavy atom. The van der Waals surface area contributed by atoms with Gasteiger partial charge in [-0.1, -0.05) is 30.3 Å². The van der Waals surface area contributed by atoms with Crippen molar-refractivity contribution in [2.24, 2.45) is 5.92 Å². The first kappa shape index (κ1) is 19.2. The lowest BCUT2D eigenvalue weighted by molar-refractivity contribution is 0.411. The number of pyridine rings is 1. The van der Waals surface area contributed by atoms with Crippen LogP contribution in [-0.2, 0) is 12.8 Å². The molecule has 0 spiro atoms. The molecule has 4 aromatic rings. The maximum atomic E-state index is 4.91. The summed E-state index contributed by atoms with van der Waals surface area (Å²) in [6, 6.07) is 14.9. The fraction of sp³-hybridized carbons (Fsp3) is 0.360. The third-order valence-electron chi connectivity index (χ3n) is 6.66. The van der Waals surface area contributed by atoms with Crippen molar-refractivity contribution in [2.45, 2.75) is 32.1 Å². The minimum absolute atomic E-state index is 0.637. The van der Waals surface area contributed by atoms with Crippen LogP contribution >= 0.6 is 0 Å².